The fourth-order valence-corrected chi connectivity index (χ4v) is 5.28. The van der Waals surface area contributed by atoms with Crippen molar-refractivity contribution in [3.05, 3.63) is 82.7 Å². The Morgan fingerprint density at radius 2 is 1.74 bits per heavy atom. The van der Waals surface area contributed by atoms with Crippen molar-refractivity contribution in [2.24, 2.45) is 0 Å². The summed E-state index contributed by atoms with van der Waals surface area (Å²) in [6, 6.07) is 15.2. The first-order valence-electron chi connectivity index (χ1n) is 9.50. The fraction of sp³-hybridized carbons (Fsp3) is 0.182. The summed E-state index contributed by atoms with van der Waals surface area (Å²) in [4.78, 5) is 27.1. The molecule has 1 aliphatic heterocycles. The van der Waals surface area contributed by atoms with Gasteiger partial charge >= 0.3 is 0 Å². The summed E-state index contributed by atoms with van der Waals surface area (Å²) in [6.45, 7) is 1.69. The number of furan rings is 1. The molecule has 9 heteroatoms. The predicted molar refractivity (Wildman–Crippen MR) is 118 cm³/mol. The zero-order chi connectivity index (χ0) is 22.2. The topological polar surface area (TPSA) is 87.9 Å². The summed E-state index contributed by atoms with van der Waals surface area (Å²) in [5.41, 5.74) is 1.30. The van der Waals surface area contributed by atoms with E-state index in [-0.39, 0.29) is 17.9 Å². The summed E-state index contributed by atoms with van der Waals surface area (Å²) in [6.07, 6.45) is 1.18. The number of imide groups is 1. The van der Waals surface area contributed by atoms with E-state index in [4.69, 9.17) is 4.42 Å². The zero-order valence-corrected chi connectivity index (χ0v) is 19.0. The third-order valence-corrected chi connectivity index (χ3v) is 7.47. The van der Waals surface area contributed by atoms with Gasteiger partial charge in [0.2, 0.25) is 15.9 Å². The molecule has 3 aromatic rings. The number of sulfonamides is 1. The number of rotatable bonds is 6. The molecule has 4 rings (SSSR count). The van der Waals surface area contributed by atoms with E-state index < -0.39 is 27.9 Å². The lowest BCUT2D eigenvalue weighted by Crippen LogP contribution is -2.45. The van der Waals surface area contributed by atoms with Crippen molar-refractivity contribution >= 4 is 43.5 Å². The van der Waals surface area contributed by atoms with Gasteiger partial charge in [-0.1, -0.05) is 33.6 Å². The number of nitrogens with zero attached hydrogens (tertiary/aromatic N) is 2. The van der Waals surface area contributed by atoms with Crippen LogP contribution in [0, 0.1) is 6.92 Å². The van der Waals surface area contributed by atoms with Gasteiger partial charge in [-0.15, -0.1) is 0 Å². The lowest BCUT2D eigenvalue weighted by atomic mass is 10.2. The summed E-state index contributed by atoms with van der Waals surface area (Å²) >= 11 is 3.32. The van der Waals surface area contributed by atoms with Crippen LogP contribution in [0.2, 0.25) is 0 Å². The van der Waals surface area contributed by atoms with Crippen molar-refractivity contribution in [3.63, 3.8) is 0 Å². The van der Waals surface area contributed by atoms with Crippen LogP contribution in [-0.2, 0) is 26.2 Å². The largest absolute Gasteiger partial charge is 0.468 e. The van der Waals surface area contributed by atoms with Crippen LogP contribution in [0.5, 0.6) is 0 Å². The number of hydrogen-bond acceptors (Lipinski definition) is 5. The summed E-state index contributed by atoms with van der Waals surface area (Å²) < 4.78 is 34.2. The SMILES string of the molecule is Cc1ccc(S(=O)(=O)N(Cc2ccco2)C2CC(=O)N(c3ccc(Br)cc3)C2=O)cc1. The van der Waals surface area contributed by atoms with Gasteiger partial charge in [0, 0.05) is 4.47 Å². The van der Waals surface area contributed by atoms with E-state index >= 15 is 0 Å². The van der Waals surface area contributed by atoms with Gasteiger partial charge in [-0.05, 0) is 55.5 Å². The van der Waals surface area contributed by atoms with E-state index in [0.29, 0.717) is 11.4 Å². The lowest BCUT2D eigenvalue weighted by molar-refractivity contribution is -0.122. The van der Waals surface area contributed by atoms with Crippen LogP contribution in [-0.4, -0.2) is 30.6 Å². The van der Waals surface area contributed by atoms with Crippen molar-refractivity contribution in [2.45, 2.75) is 30.8 Å². The summed E-state index contributed by atoms with van der Waals surface area (Å²) in [5.74, 6) is -0.673. The first kappa shape index (κ1) is 21.5. The normalized spacial score (nSPS) is 17.0. The molecule has 1 fully saturated rings. The van der Waals surface area contributed by atoms with E-state index in [0.717, 1.165) is 19.2 Å². The van der Waals surface area contributed by atoms with Gasteiger partial charge in [-0.2, -0.15) is 4.31 Å². The molecule has 0 aliphatic carbocycles. The smallest absolute Gasteiger partial charge is 0.252 e. The van der Waals surface area contributed by atoms with Crippen molar-refractivity contribution < 1.29 is 22.4 Å². The molecule has 0 saturated carbocycles. The second kappa shape index (κ2) is 8.41. The quantitative estimate of drug-likeness (QED) is 0.477. The highest BCUT2D eigenvalue weighted by molar-refractivity contribution is 9.10. The Labute approximate surface area is 188 Å². The van der Waals surface area contributed by atoms with Crippen LogP contribution in [0.4, 0.5) is 5.69 Å². The number of aryl methyl sites for hydroxylation is 1. The second-order valence-corrected chi connectivity index (χ2v) is 10.0. The minimum absolute atomic E-state index is 0.0481. The Kier molecular flexibility index (Phi) is 5.83. The third-order valence-electron chi connectivity index (χ3n) is 5.07. The molecule has 1 atom stereocenters. The Balaban J connectivity index is 1.73. The maximum Gasteiger partial charge on any atom is 0.252 e. The average Bonchev–Trinajstić information content (AvgIpc) is 3.35. The maximum absolute atomic E-state index is 13.5. The first-order chi connectivity index (χ1) is 14.8. The molecule has 1 unspecified atom stereocenters. The van der Waals surface area contributed by atoms with E-state index in [1.165, 1.54) is 18.4 Å². The minimum atomic E-state index is -4.08. The number of hydrogen-bond donors (Lipinski definition) is 0. The molecule has 31 heavy (non-hydrogen) atoms. The molecule has 1 aliphatic rings. The van der Waals surface area contributed by atoms with Gasteiger partial charge in [0.25, 0.3) is 5.91 Å². The third kappa shape index (κ3) is 4.21. The van der Waals surface area contributed by atoms with Crippen LogP contribution in [0.15, 0.2) is 80.7 Å². The van der Waals surface area contributed by atoms with Crippen molar-refractivity contribution in [1.82, 2.24) is 4.31 Å². The lowest BCUT2D eigenvalue weighted by Gasteiger charge is -2.26. The second-order valence-electron chi connectivity index (χ2n) is 7.21. The van der Waals surface area contributed by atoms with E-state index in [1.807, 2.05) is 6.92 Å². The molecule has 0 N–H and O–H groups in total. The number of carbonyl (C=O) groups excluding carboxylic acids is 2. The highest BCUT2D eigenvalue weighted by Gasteiger charge is 2.47. The van der Waals surface area contributed by atoms with Crippen LogP contribution in [0.1, 0.15) is 17.7 Å². The molecule has 0 bridgehead atoms. The Hall–Kier alpha value is -2.75. The zero-order valence-electron chi connectivity index (χ0n) is 16.6. The molecule has 0 spiro atoms. The Bertz CT molecular complexity index is 1210. The van der Waals surface area contributed by atoms with Crippen molar-refractivity contribution in [1.29, 1.82) is 0 Å². The molecular weight excluding hydrogens is 484 g/mol. The Morgan fingerprint density at radius 1 is 1.06 bits per heavy atom. The highest BCUT2D eigenvalue weighted by Crippen LogP contribution is 2.31. The highest BCUT2D eigenvalue weighted by atomic mass is 79.9. The van der Waals surface area contributed by atoms with Gasteiger partial charge in [0.05, 0.1) is 29.8 Å². The van der Waals surface area contributed by atoms with Gasteiger partial charge in [0.15, 0.2) is 0 Å². The van der Waals surface area contributed by atoms with E-state index in [1.54, 1.807) is 48.5 Å². The van der Waals surface area contributed by atoms with Gasteiger partial charge in [-0.25, -0.2) is 13.3 Å². The summed E-state index contributed by atoms with van der Waals surface area (Å²) in [5, 5.41) is 0. The van der Waals surface area contributed by atoms with Crippen molar-refractivity contribution in [3.8, 4) is 0 Å². The van der Waals surface area contributed by atoms with Gasteiger partial charge < -0.3 is 4.42 Å². The van der Waals surface area contributed by atoms with Crippen LogP contribution in [0.3, 0.4) is 0 Å². The monoisotopic (exact) mass is 502 g/mol. The fourth-order valence-electron chi connectivity index (χ4n) is 3.47. The van der Waals surface area contributed by atoms with Crippen LogP contribution < -0.4 is 4.90 Å². The van der Waals surface area contributed by atoms with Gasteiger partial charge in [-0.3, -0.25) is 9.59 Å². The Morgan fingerprint density at radius 3 is 2.35 bits per heavy atom. The van der Waals surface area contributed by atoms with Crippen molar-refractivity contribution in [2.75, 3.05) is 4.90 Å². The van der Waals surface area contributed by atoms with Crippen LogP contribution >= 0.6 is 15.9 Å². The number of halogens is 1. The van der Waals surface area contributed by atoms with E-state index in [9.17, 15) is 18.0 Å². The molecular formula is C22H19BrN2O5S. The minimum Gasteiger partial charge on any atom is -0.468 e. The standard InChI is InChI=1S/C22H19BrN2O5S/c1-15-4-10-19(11-5-15)31(28,29)24(14-18-3-2-12-30-18)20-13-21(26)25(22(20)27)17-8-6-16(23)7-9-17/h2-12,20H,13-14H2,1H3. The van der Waals surface area contributed by atoms with Gasteiger partial charge in [0.1, 0.15) is 11.8 Å². The molecule has 1 saturated heterocycles. The summed E-state index contributed by atoms with van der Waals surface area (Å²) in [7, 11) is -4.08. The molecule has 1 aromatic heterocycles. The molecule has 160 valence electrons. The maximum atomic E-state index is 13.5. The van der Waals surface area contributed by atoms with Crippen LogP contribution in [0.25, 0.3) is 0 Å². The number of anilines is 1. The average molecular weight is 503 g/mol. The molecule has 2 amide bonds. The number of carbonyl (C=O) groups is 2. The number of benzene rings is 2. The predicted octanol–water partition coefficient (Wildman–Crippen LogP) is 3.87. The molecule has 7 nitrogen and oxygen atoms in total. The first-order valence-corrected chi connectivity index (χ1v) is 11.7. The molecule has 2 heterocycles. The number of amides is 2. The molecule has 2 aromatic carbocycles. The molecule has 0 radical (unpaired) electrons. The van der Waals surface area contributed by atoms with E-state index in [2.05, 4.69) is 15.9 Å².